The molecule has 1 atom stereocenters. The van der Waals surface area contributed by atoms with E-state index in [0.29, 0.717) is 6.04 Å². The Morgan fingerprint density at radius 2 is 1.73 bits per heavy atom. The minimum absolute atomic E-state index is 0.166. The fraction of sp³-hybridized carbons (Fsp3) is 0.611. The molecule has 2 rings (SSSR count). The van der Waals surface area contributed by atoms with Gasteiger partial charge in [-0.2, -0.15) is 0 Å². The number of carbonyl (C=O) groups excluding carboxylic acids is 1. The van der Waals surface area contributed by atoms with Gasteiger partial charge in [0.15, 0.2) is 0 Å². The minimum Gasteiger partial charge on any atom is -0.336 e. The second-order valence-corrected chi connectivity index (χ2v) is 6.52. The Labute approximate surface area is 134 Å². The van der Waals surface area contributed by atoms with Crippen molar-refractivity contribution in [1.82, 2.24) is 14.7 Å². The number of carbonyl (C=O) groups is 1. The molecule has 0 radical (unpaired) electrons. The Morgan fingerprint density at radius 1 is 1.14 bits per heavy atom. The number of likely N-dealkylation sites (N-methyl/N-ethyl adjacent to an activating group) is 2. The van der Waals surface area contributed by atoms with Crippen LogP contribution in [0, 0.1) is 0 Å². The molecule has 1 aliphatic rings. The van der Waals surface area contributed by atoms with Gasteiger partial charge in [0.25, 0.3) is 5.91 Å². The van der Waals surface area contributed by atoms with Crippen molar-refractivity contribution >= 4 is 5.91 Å². The highest BCUT2D eigenvalue weighted by atomic mass is 16.2. The summed E-state index contributed by atoms with van der Waals surface area (Å²) in [7, 11) is 6.35. The summed E-state index contributed by atoms with van der Waals surface area (Å²) in [6.45, 7) is 5.80. The van der Waals surface area contributed by atoms with Crippen molar-refractivity contribution in [1.29, 1.82) is 0 Å². The molecule has 1 aromatic rings. The lowest BCUT2D eigenvalue weighted by atomic mass is 10.0. The Kier molecular flexibility index (Phi) is 5.98. The summed E-state index contributed by atoms with van der Waals surface area (Å²) in [5.74, 6) is 0.166. The average molecular weight is 303 g/mol. The molecule has 1 aromatic carbocycles. The Morgan fingerprint density at radius 3 is 2.23 bits per heavy atom. The molecular weight excluding hydrogens is 274 g/mol. The van der Waals surface area contributed by atoms with Gasteiger partial charge in [-0.05, 0) is 51.7 Å². The van der Waals surface area contributed by atoms with Crippen LogP contribution < -0.4 is 0 Å². The first-order valence-electron chi connectivity index (χ1n) is 8.24. The molecule has 1 heterocycles. The van der Waals surface area contributed by atoms with Crippen LogP contribution in [0.4, 0.5) is 0 Å². The molecule has 1 saturated heterocycles. The van der Waals surface area contributed by atoms with Crippen LogP contribution in [-0.2, 0) is 6.42 Å². The first-order valence-corrected chi connectivity index (χ1v) is 8.24. The summed E-state index contributed by atoms with van der Waals surface area (Å²) in [6.07, 6.45) is 2.17. The molecule has 4 heteroatoms. The zero-order chi connectivity index (χ0) is 16.1. The fourth-order valence-corrected chi connectivity index (χ4v) is 2.94. The van der Waals surface area contributed by atoms with Crippen LogP contribution in [0.25, 0.3) is 0 Å². The maximum Gasteiger partial charge on any atom is 0.253 e. The largest absolute Gasteiger partial charge is 0.336 e. The zero-order valence-corrected chi connectivity index (χ0v) is 14.4. The van der Waals surface area contributed by atoms with Crippen molar-refractivity contribution in [2.45, 2.75) is 25.8 Å². The van der Waals surface area contributed by atoms with Crippen molar-refractivity contribution < 1.29 is 4.79 Å². The lowest BCUT2D eigenvalue weighted by molar-refractivity contribution is 0.0664. The number of rotatable bonds is 5. The van der Waals surface area contributed by atoms with E-state index in [4.69, 9.17) is 0 Å². The summed E-state index contributed by atoms with van der Waals surface area (Å²) in [4.78, 5) is 19.0. The molecule has 4 nitrogen and oxygen atoms in total. The van der Waals surface area contributed by atoms with Gasteiger partial charge in [-0.3, -0.25) is 4.79 Å². The molecule has 0 aromatic heterocycles. The van der Waals surface area contributed by atoms with Gasteiger partial charge < -0.3 is 14.7 Å². The normalized spacial score (nSPS) is 17.8. The van der Waals surface area contributed by atoms with E-state index in [-0.39, 0.29) is 5.91 Å². The summed E-state index contributed by atoms with van der Waals surface area (Å²) < 4.78 is 0. The van der Waals surface area contributed by atoms with Gasteiger partial charge in [0.2, 0.25) is 0 Å². The van der Waals surface area contributed by atoms with Crippen molar-refractivity contribution in [2.24, 2.45) is 0 Å². The van der Waals surface area contributed by atoms with E-state index in [1.807, 2.05) is 17.0 Å². The molecule has 122 valence electrons. The van der Waals surface area contributed by atoms with Gasteiger partial charge in [-0.15, -0.1) is 0 Å². The van der Waals surface area contributed by atoms with E-state index in [1.54, 1.807) is 0 Å². The standard InChI is InChI=1S/C18H29N3O/c1-5-17(19(2)3)14-15-6-8-16(9-7-15)18(22)21-12-10-20(4)11-13-21/h6-9,17H,5,10-14H2,1-4H3. The highest BCUT2D eigenvalue weighted by Gasteiger charge is 2.20. The van der Waals surface area contributed by atoms with Crippen molar-refractivity contribution in [2.75, 3.05) is 47.3 Å². The molecular formula is C18H29N3O. The van der Waals surface area contributed by atoms with Crippen LogP contribution in [0.1, 0.15) is 29.3 Å². The van der Waals surface area contributed by atoms with Gasteiger partial charge in [-0.1, -0.05) is 19.1 Å². The molecule has 0 bridgehead atoms. The van der Waals surface area contributed by atoms with E-state index in [2.05, 4.69) is 50.0 Å². The molecule has 0 spiro atoms. The zero-order valence-electron chi connectivity index (χ0n) is 14.4. The number of benzene rings is 1. The number of piperazine rings is 1. The lowest BCUT2D eigenvalue weighted by Gasteiger charge is -2.32. The lowest BCUT2D eigenvalue weighted by Crippen LogP contribution is -2.47. The predicted molar refractivity (Wildman–Crippen MR) is 91.3 cm³/mol. The third kappa shape index (κ3) is 4.31. The predicted octanol–water partition coefficient (Wildman–Crippen LogP) is 1.96. The Hall–Kier alpha value is -1.39. The summed E-state index contributed by atoms with van der Waals surface area (Å²) in [5.41, 5.74) is 2.11. The SMILES string of the molecule is CCC(Cc1ccc(C(=O)N2CCN(C)CC2)cc1)N(C)C. The quantitative estimate of drug-likeness (QED) is 0.832. The van der Waals surface area contributed by atoms with Gasteiger partial charge in [0.05, 0.1) is 0 Å². The first kappa shape index (κ1) is 17.0. The van der Waals surface area contributed by atoms with Crippen LogP contribution in [0.3, 0.4) is 0 Å². The monoisotopic (exact) mass is 303 g/mol. The maximum atomic E-state index is 12.5. The second-order valence-electron chi connectivity index (χ2n) is 6.52. The molecule has 1 unspecified atom stereocenters. The van der Waals surface area contributed by atoms with Crippen LogP contribution in [0.5, 0.6) is 0 Å². The summed E-state index contributed by atoms with van der Waals surface area (Å²) in [6, 6.07) is 8.74. The van der Waals surface area contributed by atoms with Crippen molar-refractivity contribution in [3.05, 3.63) is 35.4 Å². The number of amides is 1. The third-order valence-electron chi connectivity index (χ3n) is 4.66. The third-order valence-corrected chi connectivity index (χ3v) is 4.66. The van der Waals surface area contributed by atoms with E-state index in [9.17, 15) is 4.79 Å². The van der Waals surface area contributed by atoms with Gasteiger partial charge in [0, 0.05) is 37.8 Å². The van der Waals surface area contributed by atoms with Crippen LogP contribution in [-0.4, -0.2) is 74.0 Å². The van der Waals surface area contributed by atoms with Crippen molar-refractivity contribution in [3.63, 3.8) is 0 Å². The fourth-order valence-electron chi connectivity index (χ4n) is 2.94. The minimum atomic E-state index is 0.166. The van der Waals surface area contributed by atoms with Crippen LogP contribution >= 0.6 is 0 Å². The number of hydrogen-bond acceptors (Lipinski definition) is 3. The van der Waals surface area contributed by atoms with Crippen molar-refractivity contribution in [3.8, 4) is 0 Å². The molecule has 22 heavy (non-hydrogen) atoms. The molecule has 1 fully saturated rings. The van der Waals surface area contributed by atoms with Gasteiger partial charge in [0.1, 0.15) is 0 Å². The Bertz CT molecular complexity index is 476. The van der Waals surface area contributed by atoms with E-state index < -0.39 is 0 Å². The summed E-state index contributed by atoms with van der Waals surface area (Å²) in [5, 5.41) is 0. The van der Waals surface area contributed by atoms with Gasteiger partial charge in [-0.25, -0.2) is 0 Å². The topological polar surface area (TPSA) is 26.8 Å². The average Bonchev–Trinajstić information content (AvgIpc) is 2.53. The van der Waals surface area contributed by atoms with Gasteiger partial charge >= 0.3 is 0 Å². The smallest absolute Gasteiger partial charge is 0.253 e. The molecule has 0 saturated carbocycles. The molecule has 0 N–H and O–H groups in total. The molecule has 1 amide bonds. The Balaban J connectivity index is 1.97. The van der Waals surface area contributed by atoms with Crippen LogP contribution in [0.15, 0.2) is 24.3 Å². The highest BCUT2D eigenvalue weighted by Crippen LogP contribution is 2.13. The second kappa shape index (κ2) is 7.75. The van der Waals surface area contributed by atoms with E-state index in [1.165, 1.54) is 5.56 Å². The van der Waals surface area contributed by atoms with E-state index >= 15 is 0 Å². The van der Waals surface area contributed by atoms with E-state index in [0.717, 1.165) is 44.6 Å². The summed E-state index contributed by atoms with van der Waals surface area (Å²) >= 11 is 0. The maximum absolute atomic E-state index is 12.5. The highest BCUT2D eigenvalue weighted by molar-refractivity contribution is 5.94. The molecule has 1 aliphatic heterocycles. The number of hydrogen-bond donors (Lipinski definition) is 0. The molecule has 0 aliphatic carbocycles. The number of nitrogens with zero attached hydrogens (tertiary/aromatic N) is 3. The van der Waals surface area contributed by atoms with Crippen LogP contribution in [0.2, 0.25) is 0 Å². The first-order chi connectivity index (χ1) is 10.5.